The van der Waals surface area contributed by atoms with Crippen molar-refractivity contribution in [1.29, 1.82) is 0 Å². The summed E-state index contributed by atoms with van der Waals surface area (Å²) >= 11 is 0. The van der Waals surface area contributed by atoms with Gasteiger partial charge in [-0.2, -0.15) is 0 Å². The third-order valence-corrected chi connectivity index (χ3v) is 6.84. The molecule has 4 rings (SSSR count). The van der Waals surface area contributed by atoms with Gasteiger partial charge in [-0.25, -0.2) is 4.98 Å². The molecule has 0 unspecified atom stereocenters. The maximum Gasteiger partial charge on any atom is 0.276 e. The van der Waals surface area contributed by atoms with Crippen LogP contribution in [-0.2, 0) is 11.3 Å². The van der Waals surface area contributed by atoms with E-state index in [0.29, 0.717) is 18.7 Å². The third kappa shape index (κ3) is 4.26. The van der Waals surface area contributed by atoms with E-state index >= 15 is 0 Å². The monoisotopic (exact) mass is 451 g/mol. The maximum absolute atomic E-state index is 13.6. The minimum Gasteiger partial charge on any atom is -0.351 e. The highest BCUT2D eigenvalue weighted by Gasteiger charge is 2.48. The van der Waals surface area contributed by atoms with Gasteiger partial charge >= 0.3 is 0 Å². The van der Waals surface area contributed by atoms with Gasteiger partial charge in [0, 0.05) is 18.3 Å². The molecular weight excluding hydrogens is 418 g/mol. The van der Waals surface area contributed by atoms with Gasteiger partial charge in [-0.3, -0.25) is 14.4 Å². The van der Waals surface area contributed by atoms with Crippen molar-refractivity contribution in [2.75, 3.05) is 11.9 Å². The summed E-state index contributed by atoms with van der Waals surface area (Å²) in [4.78, 5) is 46.0. The summed E-state index contributed by atoms with van der Waals surface area (Å²) in [5.41, 5.74) is 1.92. The van der Waals surface area contributed by atoms with Crippen molar-refractivity contribution >= 4 is 23.4 Å². The second kappa shape index (κ2) is 9.00. The van der Waals surface area contributed by atoms with Gasteiger partial charge in [-0.05, 0) is 57.2 Å². The van der Waals surface area contributed by atoms with E-state index < -0.39 is 11.4 Å². The fraction of sp³-hybridized carbons (Fsp3) is 0.520. The Morgan fingerprint density at radius 3 is 2.64 bits per heavy atom. The van der Waals surface area contributed by atoms with Crippen molar-refractivity contribution in [3.63, 3.8) is 0 Å². The molecule has 2 heterocycles. The lowest BCUT2D eigenvalue weighted by atomic mass is 9.93. The number of fused-ring (bicyclic) bond motifs is 1. The average Bonchev–Trinajstić information content (AvgIpc) is 3.43. The summed E-state index contributed by atoms with van der Waals surface area (Å²) < 4.78 is 1.65. The number of hydrogen-bond donors (Lipinski definition) is 2. The van der Waals surface area contributed by atoms with Crippen LogP contribution in [0.4, 0.5) is 5.69 Å². The maximum atomic E-state index is 13.6. The highest BCUT2D eigenvalue weighted by atomic mass is 16.2. The van der Waals surface area contributed by atoms with Crippen LogP contribution in [0.25, 0.3) is 0 Å². The van der Waals surface area contributed by atoms with Gasteiger partial charge in [-0.15, -0.1) is 0 Å². The molecule has 1 atom stereocenters. The molecule has 8 nitrogen and oxygen atoms in total. The summed E-state index contributed by atoms with van der Waals surface area (Å²) in [6.07, 6.45) is 6.38. The van der Waals surface area contributed by atoms with Gasteiger partial charge in [0.05, 0.1) is 12.9 Å². The molecule has 176 valence electrons. The van der Waals surface area contributed by atoms with Crippen LogP contribution in [0.15, 0.2) is 24.5 Å². The van der Waals surface area contributed by atoms with Crippen LogP contribution in [0.1, 0.15) is 78.1 Å². The molecule has 8 heteroatoms. The number of anilines is 1. The van der Waals surface area contributed by atoms with Gasteiger partial charge in [0.1, 0.15) is 11.2 Å². The number of amides is 3. The number of rotatable bonds is 6. The SMILES string of the molecule is CCCN1C(=O)c2c(C(=O)Nc3cc(C)ccc3C)ncn2C[C@]1(C)C(=O)NC1CCCC1. The number of nitrogens with zero attached hydrogens (tertiary/aromatic N) is 3. The number of carbonyl (C=O) groups excluding carboxylic acids is 3. The molecule has 1 aliphatic heterocycles. The van der Waals surface area contributed by atoms with Gasteiger partial charge in [-0.1, -0.05) is 31.9 Å². The number of nitrogens with one attached hydrogen (secondary N) is 2. The van der Waals surface area contributed by atoms with Crippen LogP contribution < -0.4 is 10.6 Å². The van der Waals surface area contributed by atoms with Crippen LogP contribution in [0.5, 0.6) is 0 Å². The molecule has 0 spiro atoms. The highest BCUT2D eigenvalue weighted by molar-refractivity contribution is 6.11. The van der Waals surface area contributed by atoms with Crippen LogP contribution in [0.3, 0.4) is 0 Å². The average molecular weight is 452 g/mol. The normalized spacial score (nSPS) is 20.6. The Bertz CT molecular complexity index is 1090. The Balaban J connectivity index is 1.63. The van der Waals surface area contributed by atoms with Gasteiger partial charge in [0.25, 0.3) is 11.8 Å². The van der Waals surface area contributed by atoms with Crippen molar-refractivity contribution < 1.29 is 14.4 Å². The largest absolute Gasteiger partial charge is 0.351 e. The minimum absolute atomic E-state index is 0.0836. The number of carbonyl (C=O) groups is 3. The molecule has 1 aromatic heterocycles. The summed E-state index contributed by atoms with van der Waals surface area (Å²) in [5, 5.41) is 6.05. The fourth-order valence-electron chi connectivity index (χ4n) is 4.89. The van der Waals surface area contributed by atoms with Crippen molar-refractivity contribution in [2.45, 2.75) is 77.9 Å². The summed E-state index contributed by atoms with van der Waals surface area (Å²) in [7, 11) is 0. The van der Waals surface area contributed by atoms with E-state index in [-0.39, 0.29) is 35.8 Å². The van der Waals surface area contributed by atoms with Crippen molar-refractivity contribution in [1.82, 2.24) is 19.8 Å². The molecule has 2 aromatic rings. The Kier molecular flexibility index (Phi) is 6.28. The Morgan fingerprint density at radius 2 is 1.94 bits per heavy atom. The van der Waals surface area contributed by atoms with Crippen molar-refractivity contribution in [3.05, 3.63) is 47.0 Å². The molecule has 1 aromatic carbocycles. The summed E-state index contributed by atoms with van der Waals surface area (Å²) in [6.45, 7) is 8.34. The van der Waals surface area contributed by atoms with Crippen molar-refractivity contribution in [2.24, 2.45) is 0 Å². The van der Waals surface area contributed by atoms with E-state index in [4.69, 9.17) is 0 Å². The summed E-state index contributed by atoms with van der Waals surface area (Å²) in [5.74, 6) is -0.908. The Hall–Kier alpha value is -3.16. The molecule has 0 bridgehead atoms. The number of hydrogen-bond acceptors (Lipinski definition) is 4. The van der Waals surface area contributed by atoms with Gasteiger partial charge in [0.2, 0.25) is 5.91 Å². The van der Waals surface area contributed by atoms with Crippen LogP contribution in [0.2, 0.25) is 0 Å². The number of imidazole rings is 1. The molecule has 33 heavy (non-hydrogen) atoms. The molecule has 0 radical (unpaired) electrons. The lowest BCUT2D eigenvalue weighted by Gasteiger charge is -2.44. The van der Waals surface area contributed by atoms with E-state index in [1.807, 2.05) is 45.9 Å². The first kappa shape index (κ1) is 23.0. The van der Waals surface area contributed by atoms with Crippen LogP contribution in [0, 0.1) is 13.8 Å². The second-order valence-corrected chi connectivity index (χ2v) is 9.53. The number of benzene rings is 1. The highest BCUT2D eigenvalue weighted by Crippen LogP contribution is 2.30. The third-order valence-electron chi connectivity index (χ3n) is 6.84. The van der Waals surface area contributed by atoms with Crippen LogP contribution >= 0.6 is 0 Å². The predicted molar refractivity (Wildman–Crippen MR) is 126 cm³/mol. The molecular formula is C25H33N5O3. The molecule has 0 saturated heterocycles. The lowest BCUT2D eigenvalue weighted by Crippen LogP contribution is -2.65. The van der Waals surface area contributed by atoms with Crippen molar-refractivity contribution in [3.8, 4) is 0 Å². The van der Waals surface area contributed by atoms with E-state index in [1.165, 1.54) is 6.33 Å². The van der Waals surface area contributed by atoms with E-state index in [0.717, 1.165) is 36.8 Å². The van der Waals surface area contributed by atoms with E-state index in [2.05, 4.69) is 15.6 Å². The molecule has 2 N–H and O–H groups in total. The zero-order valence-electron chi connectivity index (χ0n) is 19.9. The number of aryl methyl sites for hydroxylation is 2. The van der Waals surface area contributed by atoms with Gasteiger partial charge < -0.3 is 20.1 Å². The smallest absolute Gasteiger partial charge is 0.276 e. The first-order chi connectivity index (χ1) is 15.7. The number of aromatic nitrogens is 2. The fourth-order valence-corrected chi connectivity index (χ4v) is 4.89. The standard InChI is InChI=1S/C25H33N5O3/c1-5-12-30-23(32)21-20(22(31)28-19-13-16(2)10-11-17(19)3)26-15-29(21)14-25(30,4)24(33)27-18-8-6-7-9-18/h10-11,13,15,18H,5-9,12,14H2,1-4H3,(H,27,33)(H,28,31)/t25-/m1/s1. The first-order valence-electron chi connectivity index (χ1n) is 11.8. The Morgan fingerprint density at radius 1 is 1.21 bits per heavy atom. The molecule has 1 aliphatic carbocycles. The molecule has 2 aliphatic rings. The second-order valence-electron chi connectivity index (χ2n) is 9.53. The zero-order valence-corrected chi connectivity index (χ0v) is 19.9. The lowest BCUT2D eigenvalue weighted by molar-refractivity contribution is -0.133. The summed E-state index contributed by atoms with van der Waals surface area (Å²) in [6, 6.07) is 5.98. The Labute approximate surface area is 194 Å². The first-order valence-corrected chi connectivity index (χ1v) is 11.8. The zero-order chi connectivity index (χ0) is 23.8. The van der Waals surface area contributed by atoms with Crippen LogP contribution in [-0.4, -0.2) is 50.3 Å². The minimum atomic E-state index is -1.04. The van der Waals surface area contributed by atoms with Gasteiger partial charge in [0.15, 0.2) is 5.69 Å². The molecule has 3 amide bonds. The van der Waals surface area contributed by atoms with E-state index in [9.17, 15) is 14.4 Å². The van der Waals surface area contributed by atoms with E-state index in [1.54, 1.807) is 9.47 Å². The predicted octanol–water partition coefficient (Wildman–Crippen LogP) is 3.44. The molecule has 1 saturated carbocycles. The quantitative estimate of drug-likeness (QED) is 0.703. The topological polar surface area (TPSA) is 96.3 Å². The molecule has 1 fully saturated rings.